The molecular weight excluding hydrogens is 149 g/mol. The minimum absolute atomic E-state index is 0.0660. The van der Waals surface area contributed by atoms with Gasteiger partial charge in [-0.2, -0.15) is 13.2 Å². The summed E-state index contributed by atoms with van der Waals surface area (Å²) in [5.41, 5.74) is 0. The monoisotopic (exact) mass is 158 g/mol. The lowest BCUT2D eigenvalue weighted by Gasteiger charge is -2.05. The van der Waals surface area contributed by atoms with Crippen molar-refractivity contribution in [2.45, 2.75) is 25.2 Å². The van der Waals surface area contributed by atoms with E-state index < -0.39 is 21.6 Å². The molecule has 1 nitrogen and oxygen atoms in total. The molecule has 5 heteroatoms. The van der Waals surface area contributed by atoms with E-state index in [1.807, 2.05) is 0 Å². The Morgan fingerprint density at radius 3 is 2.00 bits per heavy atom. The highest BCUT2D eigenvalue weighted by molar-refractivity contribution is 6.48. The molecule has 0 saturated heterocycles. The molecule has 0 aliphatic rings. The molecule has 0 amide bonds. The molecule has 0 heterocycles. The second-order valence-electron chi connectivity index (χ2n) is 2.00. The zero-order valence-corrected chi connectivity index (χ0v) is 6.23. The number of hydrogen-bond acceptors (Lipinski definition) is 1. The standard InChI is InChI=1S/C4H9F3OSi/c1-9(8)3-2-4(5,6)7/h8-9H,2-3H2,1H3. The molecule has 1 unspecified atom stereocenters. The van der Waals surface area contributed by atoms with Gasteiger partial charge in [0.15, 0.2) is 9.04 Å². The van der Waals surface area contributed by atoms with Crippen LogP contribution in [0.3, 0.4) is 0 Å². The highest BCUT2D eigenvalue weighted by atomic mass is 28.3. The molecule has 0 aliphatic heterocycles. The molecule has 1 atom stereocenters. The van der Waals surface area contributed by atoms with E-state index in [-0.39, 0.29) is 6.04 Å². The van der Waals surface area contributed by atoms with Crippen LogP contribution in [0.25, 0.3) is 0 Å². The van der Waals surface area contributed by atoms with Gasteiger partial charge in [0, 0.05) is 6.42 Å². The second-order valence-corrected chi connectivity index (χ2v) is 4.28. The van der Waals surface area contributed by atoms with Gasteiger partial charge in [0.05, 0.1) is 0 Å². The Balaban J connectivity index is 3.28. The molecule has 0 radical (unpaired) electrons. The topological polar surface area (TPSA) is 20.2 Å². The van der Waals surface area contributed by atoms with Gasteiger partial charge in [-0.15, -0.1) is 0 Å². The molecule has 9 heavy (non-hydrogen) atoms. The molecular formula is C4H9F3OSi. The summed E-state index contributed by atoms with van der Waals surface area (Å²) in [5.74, 6) is 0. The van der Waals surface area contributed by atoms with Gasteiger partial charge in [-0.3, -0.25) is 0 Å². The van der Waals surface area contributed by atoms with Gasteiger partial charge in [0.25, 0.3) is 0 Å². The van der Waals surface area contributed by atoms with Crippen molar-refractivity contribution in [1.29, 1.82) is 0 Å². The van der Waals surface area contributed by atoms with Crippen molar-refractivity contribution in [3.63, 3.8) is 0 Å². The van der Waals surface area contributed by atoms with Crippen molar-refractivity contribution < 1.29 is 18.0 Å². The van der Waals surface area contributed by atoms with E-state index in [2.05, 4.69) is 0 Å². The summed E-state index contributed by atoms with van der Waals surface area (Å²) < 4.78 is 34.0. The molecule has 0 aromatic carbocycles. The summed E-state index contributed by atoms with van der Waals surface area (Å²) in [6.07, 6.45) is -4.93. The van der Waals surface area contributed by atoms with Gasteiger partial charge in [0.1, 0.15) is 0 Å². The first-order valence-corrected chi connectivity index (χ1v) is 5.15. The Kier molecular flexibility index (Phi) is 3.20. The van der Waals surface area contributed by atoms with Crippen LogP contribution in [-0.4, -0.2) is 20.0 Å². The quantitative estimate of drug-likeness (QED) is 0.600. The van der Waals surface area contributed by atoms with Gasteiger partial charge in [-0.25, -0.2) is 0 Å². The molecule has 0 rings (SSSR count). The third-order valence-electron chi connectivity index (χ3n) is 0.846. The largest absolute Gasteiger partial charge is 0.435 e. The van der Waals surface area contributed by atoms with Crippen molar-refractivity contribution in [2.75, 3.05) is 0 Å². The van der Waals surface area contributed by atoms with Gasteiger partial charge < -0.3 is 4.80 Å². The first-order chi connectivity index (χ1) is 3.92. The van der Waals surface area contributed by atoms with Crippen LogP contribution in [0.2, 0.25) is 12.6 Å². The fourth-order valence-electron chi connectivity index (χ4n) is 0.373. The Morgan fingerprint density at radius 2 is 1.89 bits per heavy atom. The summed E-state index contributed by atoms with van der Waals surface area (Å²) in [5, 5.41) is 0. The fraction of sp³-hybridized carbons (Fsp3) is 1.00. The molecule has 0 spiro atoms. The fourth-order valence-corrected chi connectivity index (χ4v) is 1.12. The lowest BCUT2D eigenvalue weighted by molar-refractivity contribution is -0.130. The van der Waals surface area contributed by atoms with E-state index in [4.69, 9.17) is 4.80 Å². The van der Waals surface area contributed by atoms with Crippen LogP contribution >= 0.6 is 0 Å². The van der Waals surface area contributed by atoms with E-state index in [1.54, 1.807) is 0 Å². The SMILES string of the molecule is C[SiH](O)CCC(F)(F)F. The number of rotatable bonds is 2. The van der Waals surface area contributed by atoms with Crippen LogP contribution in [0.5, 0.6) is 0 Å². The third kappa shape index (κ3) is 7.97. The molecule has 0 aromatic heterocycles. The molecule has 0 fully saturated rings. The van der Waals surface area contributed by atoms with E-state index in [9.17, 15) is 13.2 Å². The van der Waals surface area contributed by atoms with Crippen LogP contribution in [0.4, 0.5) is 13.2 Å². The van der Waals surface area contributed by atoms with E-state index >= 15 is 0 Å². The average Bonchev–Trinajstić information content (AvgIpc) is 1.59. The highest BCUT2D eigenvalue weighted by Crippen LogP contribution is 2.21. The van der Waals surface area contributed by atoms with Crippen molar-refractivity contribution >= 4 is 9.04 Å². The number of halogens is 3. The zero-order valence-electron chi connectivity index (χ0n) is 5.07. The van der Waals surface area contributed by atoms with Crippen molar-refractivity contribution in [3.8, 4) is 0 Å². The van der Waals surface area contributed by atoms with Gasteiger partial charge >= 0.3 is 6.18 Å². The highest BCUT2D eigenvalue weighted by Gasteiger charge is 2.27. The minimum atomic E-state index is -4.09. The summed E-state index contributed by atoms with van der Waals surface area (Å²) in [6.45, 7) is 1.48. The Labute approximate surface area is 53.2 Å². The predicted molar refractivity (Wildman–Crippen MR) is 30.7 cm³/mol. The zero-order chi connectivity index (χ0) is 7.49. The summed E-state index contributed by atoms with van der Waals surface area (Å²) in [7, 11) is -1.99. The Bertz CT molecular complexity index is 80.4. The summed E-state index contributed by atoms with van der Waals surface area (Å²) in [4.78, 5) is 8.55. The average molecular weight is 158 g/mol. The minimum Gasteiger partial charge on any atom is -0.435 e. The predicted octanol–water partition coefficient (Wildman–Crippen LogP) is 1.28. The second kappa shape index (κ2) is 3.22. The van der Waals surface area contributed by atoms with E-state index in [1.165, 1.54) is 6.55 Å². The van der Waals surface area contributed by atoms with Crippen LogP contribution in [0, 0.1) is 0 Å². The van der Waals surface area contributed by atoms with Crippen molar-refractivity contribution in [3.05, 3.63) is 0 Å². The lowest BCUT2D eigenvalue weighted by atomic mass is 10.5. The van der Waals surface area contributed by atoms with Crippen LogP contribution in [-0.2, 0) is 0 Å². The number of hydrogen-bond donors (Lipinski definition) is 1. The smallest absolute Gasteiger partial charge is 0.388 e. The van der Waals surface area contributed by atoms with Gasteiger partial charge in [-0.1, -0.05) is 0 Å². The molecule has 0 aliphatic carbocycles. The maximum atomic E-state index is 11.3. The van der Waals surface area contributed by atoms with Gasteiger partial charge in [-0.05, 0) is 12.6 Å². The van der Waals surface area contributed by atoms with Crippen LogP contribution in [0.1, 0.15) is 6.42 Å². The molecule has 0 saturated carbocycles. The van der Waals surface area contributed by atoms with E-state index in [0.717, 1.165) is 0 Å². The first-order valence-electron chi connectivity index (χ1n) is 2.66. The summed E-state index contributed by atoms with van der Waals surface area (Å²) in [6, 6.07) is -0.0660. The van der Waals surface area contributed by atoms with Crippen molar-refractivity contribution in [1.82, 2.24) is 0 Å². The van der Waals surface area contributed by atoms with Crippen LogP contribution in [0.15, 0.2) is 0 Å². The van der Waals surface area contributed by atoms with Crippen molar-refractivity contribution in [2.24, 2.45) is 0 Å². The van der Waals surface area contributed by atoms with Crippen LogP contribution < -0.4 is 0 Å². The molecule has 1 N–H and O–H groups in total. The Hall–Kier alpha value is -0.0331. The molecule has 0 bridgehead atoms. The third-order valence-corrected chi connectivity index (χ3v) is 1.97. The normalized spacial score (nSPS) is 15.7. The maximum Gasteiger partial charge on any atom is 0.388 e. The summed E-state index contributed by atoms with van der Waals surface area (Å²) >= 11 is 0. The molecule has 0 aromatic rings. The lowest BCUT2D eigenvalue weighted by Crippen LogP contribution is -2.13. The van der Waals surface area contributed by atoms with E-state index in [0.29, 0.717) is 0 Å². The van der Waals surface area contributed by atoms with Gasteiger partial charge in [0.2, 0.25) is 0 Å². The Morgan fingerprint density at radius 1 is 1.44 bits per heavy atom. The molecule has 56 valence electrons. The first kappa shape index (κ1) is 8.97. The number of alkyl halides is 3. The maximum absolute atomic E-state index is 11.3.